The number of nitrogens with two attached hydrogens (primary N) is 2. The molecule has 0 spiro atoms. The first-order chi connectivity index (χ1) is 7.89. The predicted molar refractivity (Wildman–Crippen MR) is 67.1 cm³/mol. The highest BCUT2D eigenvalue weighted by molar-refractivity contribution is 7.89. The molecular weight excluding hydrogens is 238 g/mol. The highest BCUT2D eigenvalue weighted by Crippen LogP contribution is 2.29. The predicted octanol–water partition coefficient (Wildman–Crippen LogP) is 0.627. The maximum absolute atomic E-state index is 11.1. The van der Waals surface area contributed by atoms with Crippen LogP contribution in [-0.4, -0.2) is 20.5 Å². The van der Waals surface area contributed by atoms with Crippen LogP contribution in [0.25, 0.3) is 0 Å². The summed E-state index contributed by atoms with van der Waals surface area (Å²) in [6, 6.07) is 6.37. The zero-order valence-electron chi connectivity index (χ0n) is 9.52. The zero-order valence-corrected chi connectivity index (χ0v) is 10.3. The van der Waals surface area contributed by atoms with Gasteiger partial charge in [0.25, 0.3) is 0 Å². The van der Waals surface area contributed by atoms with Gasteiger partial charge < -0.3 is 11.1 Å². The van der Waals surface area contributed by atoms with E-state index in [2.05, 4.69) is 5.32 Å². The van der Waals surface area contributed by atoms with E-state index in [9.17, 15) is 8.42 Å². The van der Waals surface area contributed by atoms with E-state index >= 15 is 0 Å². The molecule has 0 heterocycles. The van der Waals surface area contributed by atoms with Crippen molar-refractivity contribution in [2.24, 2.45) is 10.9 Å². The third kappa shape index (κ3) is 2.96. The Kier molecular flexibility index (Phi) is 3.11. The summed E-state index contributed by atoms with van der Waals surface area (Å²) >= 11 is 0. The van der Waals surface area contributed by atoms with Crippen molar-refractivity contribution < 1.29 is 8.42 Å². The van der Waals surface area contributed by atoms with Crippen LogP contribution in [0.2, 0.25) is 0 Å². The van der Waals surface area contributed by atoms with E-state index in [-0.39, 0.29) is 10.4 Å². The van der Waals surface area contributed by atoms with Gasteiger partial charge in [0, 0.05) is 17.8 Å². The lowest BCUT2D eigenvalue weighted by Crippen LogP contribution is -2.51. The van der Waals surface area contributed by atoms with Gasteiger partial charge in [0.15, 0.2) is 0 Å². The van der Waals surface area contributed by atoms with Crippen LogP contribution in [0.5, 0.6) is 0 Å². The van der Waals surface area contributed by atoms with Gasteiger partial charge in [-0.15, -0.1) is 0 Å². The van der Waals surface area contributed by atoms with Crippen LogP contribution in [0.4, 0.5) is 5.69 Å². The average molecular weight is 255 g/mol. The first kappa shape index (κ1) is 12.3. The van der Waals surface area contributed by atoms with E-state index in [0.29, 0.717) is 6.54 Å². The molecule has 0 aliphatic heterocycles. The van der Waals surface area contributed by atoms with E-state index in [1.54, 1.807) is 12.1 Å². The fraction of sp³-hybridized carbons (Fsp3) is 0.455. The number of primary sulfonamides is 1. The first-order valence-corrected chi connectivity index (χ1v) is 7.09. The molecule has 0 aromatic heterocycles. The van der Waals surface area contributed by atoms with Gasteiger partial charge in [0.2, 0.25) is 10.0 Å². The molecule has 1 saturated carbocycles. The highest BCUT2D eigenvalue weighted by Gasteiger charge is 2.31. The summed E-state index contributed by atoms with van der Waals surface area (Å²) in [6.45, 7) is 0.710. The Morgan fingerprint density at radius 2 is 1.82 bits per heavy atom. The first-order valence-electron chi connectivity index (χ1n) is 5.55. The van der Waals surface area contributed by atoms with Crippen molar-refractivity contribution >= 4 is 15.7 Å². The van der Waals surface area contributed by atoms with E-state index in [1.807, 2.05) is 0 Å². The van der Waals surface area contributed by atoms with Crippen molar-refractivity contribution in [2.75, 3.05) is 11.9 Å². The molecule has 1 aromatic carbocycles. The molecule has 0 bridgehead atoms. The molecule has 0 amide bonds. The molecule has 94 valence electrons. The lowest BCUT2D eigenvalue weighted by atomic mass is 9.78. The largest absolute Gasteiger partial charge is 0.383 e. The summed E-state index contributed by atoms with van der Waals surface area (Å²) in [5, 5.41) is 8.22. The standard InChI is InChI=1S/C11H17N3O2S/c12-11(6-1-7-11)8-14-9-2-4-10(5-3-9)17(13,15)16/h2-5,14H,1,6-8,12H2,(H2,13,15,16). The Balaban J connectivity index is 1.99. The summed E-state index contributed by atoms with van der Waals surface area (Å²) in [6.07, 6.45) is 3.26. The van der Waals surface area contributed by atoms with Crippen molar-refractivity contribution in [3.05, 3.63) is 24.3 Å². The number of hydrogen-bond acceptors (Lipinski definition) is 4. The van der Waals surface area contributed by atoms with Crippen molar-refractivity contribution in [1.29, 1.82) is 0 Å². The molecule has 5 nitrogen and oxygen atoms in total. The second kappa shape index (κ2) is 4.29. The van der Waals surface area contributed by atoms with E-state index in [1.165, 1.54) is 18.6 Å². The zero-order chi connectivity index (χ0) is 12.5. The lowest BCUT2D eigenvalue weighted by Gasteiger charge is -2.38. The quantitative estimate of drug-likeness (QED) is 0.734. The number of sulfonamides is 1. The molecule has 6 heteroatoms. The molecule has 1 aromatic rings. The summed E-state index contributed by atoms with van der Waals surface area (Å²) < 4.78 is 22.1. The topological polar surface area (TPSA) is 98.2 Å². The van der Waals surface area contributed by atoms with Crippen LogP contribution in [0.1, 0.15) is 19.3 Å². The highest BCUT2D eigenvalue weighted by atomic mass is 32.2. The summed E-state index contributed by atoms with van der Waals surface area (Å²) in [7, 11) is -3.61. The minimum atomic E-state index is -3.61. The summed E-state index contributed by atoms with van der Waals surface area (Å²) in [4.78, 5) is 0.120. The Labute approximate surface area is 101 Å². The molecule has 1 fully saturated rings. The van der Waals surface area contributed by atoms with Gasteiger partial charge >= 0.3 is 0 Å². The number of rotatable bonds is 4. The van der Waals surface area contributed by atoms with E-state index < -0.39 is 10.0 Å². The Morgan fingerprint density at radius 1 is 1.24 bits per heavy atom. The van der Waals surface area contributed by atoms with Gasteiger partial charge in [-0.25, -0.2) is 13.6 Å². The number of nitrogens with one attached hydrogen (secondary N) is 1. The molecule has 0 radical (unpaired) electrons. The number of hydrogen-bond donors (Lipinski definition) is 3. The maximum atomic E-state index is 11.1. The van der Waals surface area contributed by atoms with Crippen LogP contribution in [0.3, 0.4) is 0 Å². The van der Waals surface area contributed by atoms with Gasteiger partial charge in [0.1, 0.15) is 0 Å². The second-order valence-corrected chi connectivity index (χ2v) is 6.20. The normalized spacial score (nSPS) is 18.5. The minimum Gasteiger partial charge on any atom is -0.383 e. The molecule has 2 rings (SSSR count). The molecule has 5 N–H and O–H groups in total. The molecule has 17 heavy (non-hydrogen) atoms. The fourth-order valence-corrected chi connectivity index (χ4v) is 2.36. The van der Waals surface area contributed by atoms with Crippen LogP contribution in [0, 0.1) is 0 Å². The SMILES string of the molecule is NC1(CNc2ccc(S(N)(=O)=O)cc2)CCC1. The second-order valence-electron chi connectivity index (χ2n) is 4.64. The minimum absolute atomic E-state index is 0.0986. The van der Waals surface area contributed by atoms with Crippen LogP contribution < -0.4 is 16.2 Å². The Hall–Kier alpha value is -1.11. The monoisotopic (exact) mass is 255 g/mol. The van der Waals surface area contributed by atoms with Crippen molar-refractivity contribution in [2.45, 2.75) is 29.7 Å². The molecule has 0 saturated heterocycles. The fourth-order valence-electron chi connectivity index (χ4n) is 1.85. The van der Waals surface area contributed by atoms with Gasteiger partial charge in [0.05, 0.1) is 4.90 Å². The average Bonchev–Trinajstić information content (AvgIpc) is 2.23. The third-order valence-corrected chi connectivity index (χ3v) is 4.11. The van der Waals surface area contributed by atoms with Crippen LogP contribution in [0.15, 0.2) is 29.2 Å². The van der Waals surface area contributed by atoms with Gasteiger partial charge in [-0.2, -0.15) is 0 Å². The Morgan fingerprint density at radius 3 is 2.24 bits per heavy atom. The summed E-state index contributed by atoms with van der Waals surface area (Å²) in [5.41, 5.74) is 6.83. The smallest absolute Gasteiger partial charge is 0.238 e. The van der Waals surface area contributed by atoms with E-state index in [0.717, 1.165) is 18.5 Å². The van der Waals surface area contributed by atoms with E-state index in [4.69, 9.17) is 10.9 Å². The van der Waals surface area contributed by atoms with Crippen molar-refractivity contribution in [3.8, 4) is 0 Å². The van der Waals surface area contributed by atoms with Gasteiger partial charge in [-0.05, 0) is 43.5 Å². The number of benzene rings is 1. The molecular formula is C11H17N3O2S. The van der Waals surface area contributed by atoms with Crippen molar-refractivity contribution in [1.82, 2.24) is 0 Å². The van der Waals surface area contributed by atoms with Crippen LogP contribution in [-0.2, 0) is 10.0 Å². The molecule has 0 atom stereocenters. The molecule has 0 unspecified atom stereocenters. The molecule has 1 aliphatic carbocycles. The lowest BCUT2D eigenvalue weighted by molar-refractivity contribution is 0.265. The molecule has 1 aliphatic rings. The maximum Gasteiger partial charge on any atom is 0.238 e. The number of anilines is 1. The van der Waals surface area contributed by atoms with Gasteiger partial charge in [-0.1, -0.05) is 0 Å². The Bertz CT molecular complexity index is 492. The summed E-state index contributed by atoms with van der Waals surface area (Å²) in [5.74, 6) is 0. The van der Waals surface area contributed by atoms with Gasteiger partial charge in [-0.3, -0.25) is 0 Å². The van der Waals surface area contributed by atoms with Crippen molar-refractivity contribution in [3.63, 3.8) is 0 Å². The third-order valence-electron chi connectivity index (χ3n) is 3.18. The van der Waals surface area contributed by atoms with Crippen LogP contribution >= 0.6 is 0 Å².